The highest BCUT2D eigenvalue weighted by Gasteiger charge is 2.03. The van der Waals surface area contributed by atoms with Crippen molar-refractivity contribution >= 4 is 28.9 Å². The monoisotopic (exact) mass is 259 g/mol. The molecule has 1 rings (SSSR count). The van der Waals surface area contributed by atoms with Gasteiger partial charge in [-0.05, 0) is 40.3 Å². The number of benzene rings is 1. The molecule has 0 bridgehead atoms. The van der Waals surface area contributed by atoms with Crippen molar-refractivity contribution in [3.8, 4) is 0 Å². The van der Waals surface area contributed by atoms with E-state index in [2.05, 4.69) is 22.6 Å². The average molecular weight is 259 g/mol. The summed E-state index contributed by atoms with van der Waals surface area (Å²) in [5.41, 5.74) is 1.03. The molecule has 0 heterocycles. The Labute approximate surface area is 79.9 Å². The molecule has 0 aromatic heterocycles. The van der Waals surface area contributed by atoms with Crippen LogP contribution in [0.15, 0.2) is 24.3 Å². The van der Waals surface area contributed by atoms with Gasteiger partial charge >= 0.3 is 0 Å². The summed E-state index contributed by atoms with van der Waals surface area (Å²) in [5, 5.41) is 0. The van der Waals surface area contributed by atoms with Crippen molar-refractivity contribution in [3.05, 3.63) is 33.4 Å². The minimum absolute atomic E-state index is 0.107. The third-order valence-corrected chi connectivity index (χ3v) is 2.20. The number of carbonyl (C=O) groups excluding carboxylic acids is 1. The van der Waals surface area contributed by atoms with Gasteiger partial charge in [0.2, 0.25) is 6.29 Å². The fraction of sp³-hybridized carbons (Fsp3) is 0.222. The molecule has 11 heavy (non-hydrogen) atoms. The van der Waals surface area contributed by atoms with E-state index in [1.807, 2.05) is 37.5 Å². The summed E-state index contributed by atoms with van der Waals surface area (Å²) in [5.74, 6) is -0.107. The van der Waals surface area contributed by atoms with Crippen molar-refractivity contribution < 1.29 is 4.79 Å². The maximum atomic E-state index is 10.3. The van der Waals surface area contributed by atoms with Crippen LogP contribution in [0.25, 0.3) is 0 Å². The summed E-state index contributed by atoms with van der Waals surface area (Å²) in [6.07, 6.45) is 1.96. The van der Waals surface area contributed by atoms with Crippen molar-refractivity contribution in [2.75, 3.05) is 0 Å². The van der Waals surface area contributed by atoms with Crippen molar-refractivity contribution in [1.29, 1.82) is 0 Å². The minimum Gasteiger partial charge on any atom is -0.290 e. The van der Waals surface area contributed by atoms with E-state index >= 15 is 0 Å². The van der Waals surface area contributed by atoms with Crippen LogP contribution >= 0.6 is 22.6 Å². The van der Waals surface area contributed by atoms with Gasteiger partial charge in [-0.25, -0.2) is 0 Å². The summed E-state index contributed by atoms with van der Waals surface area (Å²) >= 11 is 2.23. The lowest BCUT2D eigenvalue weighted by molar-refractivity contribution is 0.546. The Hall–Kier alpha value is -0.380. The molecular weight excluding hydrogens is 251 g/mol. The molecule has 2 heteroatoms. The molecule has 1 nitrogen and oxygen atoms in total. The number of hydrogen-bond acceptors (Lipinski definition) is 1. The molecule has 0 N–H and O–H groups in total. The van der Waals surface area contributed by atoms with E-state index in [4.69, 9.17) is 0 Å². The van der Waals surface area contributed by atoms with Crippen LogP contribution in [0, 0.1) is 3.57 Å². The van der Waals surface area contributed by atoms with Gasteiger partial charge < -0.3 is 0 Å². The second kappa shape index (κ2) is 3.85. The molecular formula is C9H8IO. The van der Waals surface area contributed by atoms with Crippen LogP contribution in [-0.4, -0.2) is 6.29 Å². The molecule has 57 valence electrons. The summed E-state index contributed by atoms with van der Waals surface area (Å²) in [6, 6.07) is 7.89. The normalized spacial score (nSPS) is 12.5. The van der Waals surface area contributed by atoms with E-state index < -0.39 is 0 Å². The fourth-order valence-corrected chi connectivity index (χ4v) is 1.41. The van der Waals surface area contributed by atoms with Gasteiger partial charge in [-0.1, -0.05) is 19.1 Å². The molecule has 0 spiro atoms. The van der Waals surface area contributed by atoms with Gasteiger partial charge in [-0.3, -0.25) is 4.79 Å². The summed E-state index contributed by atoms with van der Waals surface area (Å²) in [7, 11) is 0. The predicted octanol–water partition coefficient (Wildman–Crippen LogP) is 2.50. The van der Waals surface area contributed by atoms with Crippen LogP contribution in [0.5, 0.6) is 0 Å². The first-order valence-electron chi connectivity index (χ1n) is 3.37. The zero-order chi connectivity index (χ0) is 8.27. The van der Waals surface area contributed by atoms with Gasteiger partial charge in [0.25, 0.3) is 0 Å². The first-order chi connectivity index (χ1) is 5.24. The van der Waals surface area contributed by atoms with E-state index in [0.29, 0.717) is 0 Å². The largest absolute Gasteiger partial charge is 0.290 e. The van der Waals surface area contributed by atoms with Gasteiger partial charge in [0, 0.05) is 9.49 Å². The lowest BCUT2D eigenvalue weighted by Crippen LogP contribution is -1.93. The van der Waals surface area contributed by atoms with E-state index in [9.17, 15) is 4.79 Å². The standard InChI is InChI=1S/C9H8IO/c1-7(6-11)8-3-2-4-9(10)5-8/h2-5,7H,1H3. The summed E-state index contributed by atoms with van der Waals surface area (Å²) < 4.78 is 1.15. The molecule has 1 radical (unpaired) electrons. The highest BCUT2D eigenvalue weighted by atomic mass is 127. The molecule has 0 saturated heterocycles. The molecule has 0 saturated carbocycles. The van der Waals surface area contributed by atoms with Crippen LogP contribution in [0.1, 0.15) is 18.4 Å². The second-order valence-corrected chi connectivity index (χ2v) is 3.64. The third-order valence-electron chi connectivity index (χ3n) is 1.53. The summed E-state index contributed by atoms with van der Waals surface area (Å²) in [4.78, 5) is 10.3. The van der Waals surface area contributed by atoms with Crippen molar-refractivity contribution in [1.82, 2.24) is 0 Å². The molecule has 1 aromatic carbocycles. The van der Waals surface area contributed by atoms with E-state index in [1.54, 1.807) is 0 Å². The van der Waals surface area contributed by atoms with Crippen LogP contribution in [0.2, 0.25) is 0 Å². The fourth-order valence-electron chi connectivity index (χ4n) is 0.844. The number of halogens is 1. The lowest BCUT2D eigenvalue weighted by Gasteiger charge is -2.01. The Morgan fingerprint density at radius 3 is 2.82 bits per heavy atom. The van der Waals surface area contributed by atoms with Crippen LogP contribution in [0.3, 0.4) is 0 Å². The maximum absolute atomic E-state index is 10.3. The van der Waals surface area contributed by atoms with Crippen molar-refractivity contribution in [3.63, 3.8) is 0 Å². The van der Waals surface area contributed by atoms with Crippen LogP contribution < -0.4 is 0 Å². The third kappa shape index (κ3) is 2.29. The van der Waals surface area contributed by atoms with Gasteiger partial charge in [0.05, 0.1) is 0 Å². The first-order valence-corrected chi connectivity index (χ1v) is 4.45. The van der Waals surface area contributed by atoms with Gasteiger partial charge in [-0.2, -0.15) is 0 Å². The van der Waals surface area contributed by atoms with Gasteiger partial charge in [0.1, 0.15) is 0 Å². The molecule has 1 aromatic rings. The van der Waals surface area contributed by atoms with E-state index in [0.717, 1.165) is 9.13 Å². The molecule has 1 atom stereocenters. The topological polar surface area (TPSA) is 17.1 Å². The smallest absolute Gasteiger partial charge is 0.206 e. The lowest BCUT2D eigenvalue weighted by atomic mass is 10.0. The SMILES string of the molecule is CC([C]=O)c1cccc(I)c1. The van der Waals surface area contributed by atoms with Crippen molar-refractivity contribution in [2.24, 2.45) is 0 Å². The minimum atomic E-state index is -0.107. The maximum Gasteiger partial charge on any atom is 0.206 e. The van der Waals surface area contributed by atoms with Gasteiger partial charge in [-0.15, -0.1) is 0 Å². The zero-order valence-electron chi connectivity index (χ0n) is 6.17. The van der Waals surface area contributed by atoms with Crippen molar-refractivity contribution in [2.45, 2.75) is 12.8 Å². The van der Waals surface area contributed by atoms with E-state index in [1.165, 1.54) is 0 Å². The Balaban J connectivity index is 2.95. The molecule has 0 amide bonds. The Morgan fingerprint density at radius 2 is 2.27 bits per heavy atom. The van der Waals surface area contributed by atoms with Crippen LogP contribution in [-0.2, 0) is 4.79 Å². The Kier molecular flexibility index (Phi) is 3.05. The molecule has 0 aliphatic heterocycles. The van der Waals surface area contributed by atoms with Crippen LogP contribution in [0.4, 0.5) is 0 Å². The molecule has 0 fully saturated rings. The van der Waals surface area contributed by atoms with E-state index in [-0.39, 0.29) is 5.92 Å². The highest BCUT2D eigenvalue weighted by Crippen LogP contribution is 2.15. The highest BCUT2D eigenvalue weighted by molar-refractivity contribution is 14.1. The van der Waals surface area contributed by atoms with Gasteiger partial charge in [0.15, 0.2) is 0 Å². The molecule has 0 aliphatic carbocycles. The summed E-state index contributed by atoms with van der Waals surface area (Å²) in [6.45, 7) is 1.85. The zero-order valence-corrected chi connectivity index (χ0v) is 8.33. The average Bonchev–Trinajstić information content (AvgIpc) is 2.03. The Bertz CT molecular complexity index is 257. The predicted molar refractivity (Wildman–Crippen MR) is 53.3 cm³/mol. The number of rotatable bonds is 2. The Morgan fingerprint density at radius 1 is 1.55 bits per heavy atom. The molecule has 1 unspecified atom stereocenters. The quantitative estimate of drug-likeness (QED) is 0.746. The number of hydrogen-bond donors (Lipinski definition) is 0. The molecule has 0 aliphatic rings. The second-order valence-electron chi connectivity index (χ2n) is 2.39. The first kappa shape index (κ1) is 8.71.